The molecule has 0 aliphatic carbocycles. The highest BCUT2D eigenvalue weighted by atomic mass is 19.2. The van der Waals surface area contributed by atoms with Crippen molar-refractivity contribution in [2.24, 2.45) is 0 Å². The molecule has 2 rings (SSSR count). The first-order chi connectivity index (χ1) is 6.72. The summed E-state index contributed by atoms with van der Waals surface area (Å²) in [5.41, 5.74) is -0.0183. The minimum absolute atomic E-state index is 0.0183. The van der Waals surface area contributed by atoms with E-state index in [1.165, 1.54) is 6.07 Å². The molecule has 0 aliphatic heterocycles. The second-order valence-electron chi connectivity index (χ2n) is 3.02. The first kappa shape index (κ1) is 9.15. The lowest BCUT2D eigenvalue weighted by Gasteiger charge is -1.92. The van der Waals surface area contributed by atoms with Crippen molar-refractivity contribution >= 4 is 11.0 Å². The molecule has 0 aliphatic rings. The molecule has 2 aromatic rings. The van der Waals surface area contributed by atoms with Gasteiger partial charge in [0.25, 0.3) is 0 Å². The first-order valence-electron chi connectivity index (χ1n) is 4.23. The summed E-state index contributed by atoms with van der Waals surface area (Å²) < 4.78 is 31.1. The van der Waals surface area contributed by atoms with E-state index >= 15 is 0 Å². The van der Waals surface area contributed by atoms with Crippen LogP contribution in [0.3, 0.4) is 0 Å². The lowest BCUT2D eigenvalue weighted by Crippen LogP contribution is -2.03. The summed E-state index contributed by atoms with van der Waals surface area (Å²) >= 11 is 0. The predicted molar refractivity (Wildman–Crippen MR) is 48.9 cm³/mol. The van der Waals surface area contributed by atoms with Crippen molar-refractivity contribution in [3.8, 4) is 0 Å². The van der Waals surface area contributed by atoms with E-state index in [4.69, 9.17) is 4.42 Å². The number of hydrogen-bond acceptors (Lipinski definition) is 2. The average molecular weight is 197 g/mol. The second-order valence-corrected chi connectivity index (χ2v) is 3.02. The minimum atomic E-state index is -0.926. The van der Waals surface area contributed by atoms with E-state index < -0.39 is 11.6 Å². The van der Waals surface area contributed by atoms with E-state index in [1.807, 2.05) is 0 Å². The first-order valence-corrected chi connectivity index (χ1v) is 4.23. The van der Waals surface area contributed by atoms with E-state index in [1.54, 1.807) is 13.1 Å². The van der Waals surface area contributed by atoms with Gasteiger partial charge >= 0.3 is 0 Å². The van der Waals surface area contributed by atoms with Gasteiger partial charge in [-0.15, -0.1) is 0 Å². The Morgan fingerprint density at radius 2 is 2.14 bits per heavy atom. The van der Waals surface area contributed by atoms with Gasteiger partial charge in [-0.3, -0.25) is 0 Å². The Labute approximate surface area is 79.5 Å². The van der Waals surface area contributed by atoms with Crippen LogP contribution < -0.4 is 5.32 Å². The third-order valence-corrected chi connectivity index (χ3v) is 1.98. The Morgan fingerprint density at radius 3 is 2.86 bits per heavy atom. The Hall–Kier alpha value is -1.42. The molecule has 0 radical (unpaired) electrons. The highest BCUT2D eigenvalue weighted by Gasteiger charge is 2.11. The van der Waals surface area contributed by atoms with E-state index in [-0.39, 0.29) is 5.58 Å². The van der Waals surface area contributed by atoms with Gasteiger partial charge in [0.05, 0.1) is 6.54 Å². The fourth-order valence-electron chi connectivity index (χ4n) is 1.36. The highest BCUT2D eigenvalue weighted by molar-refractivity contribution is 5.78. The third-order valence-electron chi connectivity index (χ3n) is 1.98. The van der Waals surface area contributed by atoms with E-state index in [0.717, 1.165) is 6.07 Å². The lowest BCUT2D eigenvalue weighted by molar-refractivity contribution is 0.473. The number of rotatable bonds is 2. The zero-order valence-corrected chi connectivity index (χ0v) is 7.60. The van der Waals surface area contributed by atoms with Crippen molar-refractivity contribution in [2.75, 3.05) is 7.05 Å². The molecule has 0 atom stereocenters. The second kappa shape index (κ2) is 3.38. The molecule has 4 heteroatoms. The van der Waals surface area contributed by atoms with Crippen LogP contribution in [-0.4, -0.2) is 7.05 Å². The summed E-state index contributed by atoms with van der Waals surface area (Å²) in [6, 6.07) is 4.28. The van der Waals surface area contributed by atoms with Crippen LogP contribution in [0.5, 0.6) is 0 Å². The largest absolute Gasteiger partial charge is 0.457 e. The molecular weight excluding hydrogens is 188 g/mol. The zero-order chi connectivity index (χ0) is 10.1. The summed E-state index contributed by atoms with van der Waals surface area (Å²) in [4.78, 5) is 0. The number of hydrogen-bond donors (Lipinski definition) is 1. The summed E-state index contributed by atoms with van der Waals surface area (Å²) in [6.45, 7) is 0.496. The Kier molecular flexibility index (Phi) is 2.21. The van der Waals surface area contributed by atoms with Crippen molar-refractivity contribution in [1.82, 2.24) is 5.32 Å². The van der Waals surface area contributed by atoms with Gasteiger partial charge in [-0.25, -0.2) is 4.39 Å². The van der Waals surface area contributed by atoms with Crippen molar-refractivity contribution in [3.63, 3.8) is 0 Å². The molecule has 0 fully saturated rings. The molecule has 1 N–H and O–H groups in total. The summed E-state index contributed by atoms with van der Waals surface area (Å²) in [5, 5.41) is 3.45. The average Bonchev–Trinajstić information content (AvgIpc) is 2.56. The molecule has 0 unspecified atom stereocenters. The molecule has 1 heterocycles. The lowest BCUT2D eigenvalue weighted by atomic mass is 10.2. The van der Waals surface area contributed by atoms with Crippen LogP contribution >= 0.6 is 0 Å². The van der Waals surface area contributed by atoms with Crippen LogP contribution in [0.2, 0.25) is 0 Å². The zero-order valence-electron chi connectivity index (χ0n) is 7.60. The maximum Gasteiger partial charge on any atom is 0.201 e. The normalized spacial score (nSPS) is 11.1. The molecule has 0 saturated carbocycles. The van der Waals surface area contributed by atoms with Gasteiger partial charge in [0.1, 0.15) is 5.76 Å². The molecule has 1 aromatic heterocycles. The smallest absolute Gasteiger partial charge is 0.201 e. The van der Waals surface area contributed by atoms with E-state index in [2.05, 4.69) is 5.32 Å². The van der Waals surface area contributed by atoms with Crippen molar-refractivity contribution < 1.29 is 13.2 Å². The van der Waals surface area contributed by atoms with E-state index in [0.29, 0.717) is 17.7 Å². The van der Waals surface area contributed by atoms with Crippen molar-refractivity contribution in [1.29, 1.82) is 0 Å². The molecule has 0 amide bonds. The molecule has 1 aromatic carbocycles. The van der Waals surface area contributed by atoms with Gasteiger partial charge in [0, 0.05) is 5.39 Å². The SMILES string of the molecule is CNCc1cc2ccc(F)c(F)c2o1. The minimum Gasteiger partial charge on any atom is -0.457 e. The third kappa shape index (κ3) is 1.37. The topological polar surface area (TPSA) is 25.2 Å². The molecule has 2 nitrogen and oxygen atoms in total. The van der Waals surface area contributed by atoms with Crippen LogP contribution in [-0.2, 0) is 6.54 Å². The molecule has 0 saturated heterocycles. The summed E-state index contributed by atoms with van der Waals surface area (Å²) in [7, 11) is 1.75. The Balaban J connectivity index is 2.59. The molecular formula is C10H9F2NO. The Bertz CT molecular complexity index is 464. The van der Waals surface area contributed by atoms with Crippen LogP contribution in [0.25, 0.3) is 11.0 Å². The van der Waals surface area contributed by atoms with Crippen LogP contribution in [0, 0.1) is 11.6 Å². The maximum absolute atomic E-state index is 13.2. The fraction of sp³-hybridized carbons (Fsp3) is 0.200. The van der Waals surface area contributed by atoms with Crippen LogP contribution in [0.1, 0.15) is 5.76 Å². The highest BCUT2D eigenvalue weighted by Crippen LogP contribution is 2.23. The number of furan rings is 1. The van der Waals surface area contributed by atoms with Gasteiger partial charge in [0.15, 0.2) is 11.4 Å². The van der Waals surface area contributed by atoms with E-state index in [9.17, 15) is 8.78 Å². The molecule has 14 heavy (non-hydrogen) atoms. The molecule has 0 spiro atoms. The van der Waals surface area contributed by atoms with Crippen molar-refractivity contribution in [2.45, 2.75) is 6.54 Å². The number of nitrogens with one attached hydrogen (secondary N) is 1. The predicted octanol–water partition coefficient (Wildman–Crippen LogP) is 2.43. The van der Waals surface area contributed by atoms with Gasteiger partial charge in [0.2, 0.25) is 5.82 Å². The summed E-state index contributed by atoms with van der Waals surface area (Å²) in [5.74, 6) is -1.22. The number of halogens is 2. The van der Waals surface area contributed by atoms with Crippen molar-refractivity contribution in [3.05, 3.63) is 35.6 Å². The molecule has 74 valence electrons. The maximum atomic E-state index is 13.2. The van der Waals surface area contributed by atoms with Crippen LogP contribution in [0.15, 0.2) is 22.6 Å². The van der Waals surface area contributed by atoms with Gasteiger partial charge in [-0.2, -0.15) is 4.39 Å². The molecule has 0 bridgehead atoms. The van der Waals surface area contributed by atoms with Gasteiger partial charge < -0.3 is 9.73 Å². The summed E-state index contributed by atoms with van der Waals surface area (Å²) in [6.07, 6.45) is 0. The fourth-order valence-corrected chi connectivity index (χ4v) is 1.36. The Morgan fingerprint density at radius 1 is 1.36 bits per heavy atom. The van der Waals surface area contributed by atoms with Crippen LogP contribution in [0.4, 0.5) is 8.78 Å². The standard InChI is InChI=1S/C10H9F2NO/c1-13-5-7-4-6-2-3-8(11)9(12)10(6)14-7/h2-4,13H,5H2,1H3. The number of benzene rings is 1. The van der Waals surface area contributed by atoms with Gasteiger partial charge in [-0.1, -0.05) is 0 Å². The monoisotopic (exact) mass is 197 g/mol. The van der Waals surface area contributed by atoms with Gasteiger partial charge in [-0.05, 0) is 25.2 Å². The quantitative estimate of drug-likeness (QED) is 0.799. The number of fused-ring (bicyclic) bond motifs is 1.